The molecule has 0 bridgehead atoms. The lowest BCUT2D eigenvalue weighted by atomic mass is 10.2. The van der Waals surface area contributed by atoms with E-state index in [9.17, 15) is 4.79 Å². The van der Waals surface area contributed by atoms with Crippen molar-refractivity contribution in [3.63, 3.8) is 0 Å². The van der Waals surface area contributed by atoms with E-state index in [-0.39, 0.29) is 5.91 Å². The maximum atomic E-state index is 11.6. The molecule has 0 aliphatic carbocycles. The SMILES string of the molecule is CC.CNC(=O)c1cc(Oc2ccc3nc(N)ccc3c2)ccn1. The first-order valence-corrected chi connectivity index (χ1v) is 7.68. The van der Waals surface area contributed by atoms with Gasteiger partial charge in [0.1, 0.15) is 23.0 Å². The second kappa shape index (κ2) is 7.92. The maximum Gasteiger partial charge on any atom is 0.269 e. The van der Waals surface area contributed by atoms with E-state index in [1.54, 1.807) is 31.3 Å². The molecule has 0 unspecified atom stereocenters. The van der Waals surface area contributed by atoms with Gasteiger partial charge in [0, 0.05) is 24.7 Å². The molecule has 0 radical (unpaired) electrons. The van der Waals surface area contributed by atoms with Crippen molar-refractivity contribution in [2.75, 3.05) is 12.8 Å². The lowest BCUT2D eigenvalue weighted by Gasteiger charge is -2.08. The Balaban J connectivity index is 0.00000100. The van der Waals surface area contributed by atoms with Gasteiger partial charge in [-0.1, -0.05) is 13.8 Å². The molecule has 0 atom stereocenters. The summed E-state index contributed by atoms with van der Waals surface area (Å²) in [5.41, 5.74) is 6.76. The molecular formula is C18H20N4O2. The number of nitrogens with zero attached hydrogens (tertiary/aromatic N) is 2. The summed E-state index contributed by atoms with van der Waals surface area (Å²) in [4.78, 5) is 19.8. The molecule has 0 saturated heterocycles. The molecule has 6 nitrogen and oxygen atoms in total. The number of hydrogen-bond acceptors (Lipinski definition) is 5. The van der Waals surface area contributed by atoms with E-state index in [1.807, 2.05) is 32.0 Å². The molecule has 3 aromatic rings. The minimum Gasteiger partial charge on any atom is -0.457 e. The molecule has 0 fully saturated rings. The van der Waals surface area contributed by atoms with Gasteiger partial charge in [-0.05, 0) is 36.4 Å². The molecule has 3 N–H and O–H groups in total. The number of rotatable bonds is 3. The van der Waals surface area contributed by atoms with E-state index in [0.29, 0.717) is 23.0 Å². The molecule has 6 heteroatoms. The van der Waals surface area contributed by atoms with Gasteiger partial charge < -0.3 is 15.8 Å². The van der Waals surface area contributed by atoms with Gasteiger partial charge in [0.25, 0.3) is 5.91 Å². The summed E-state index contributed by atoms with van der Waals surface area (Å²) in [6.07, 6.45) is 1.53. The number of nitrogens with one attached hydrogen (secondary N) is 1. The summed E-state index contributed by atoms with van der Waals surface area (Å²) in [5.74, 6) is 1.40. The maximum absolute atomic E-state index is 11.6. The van der Waals surface area contributed by atoms with Crippen molar-refractivity contribution in [2.24, 2.45) is 0 Å². The third kappa shape index (κ3) is 3.98. The van der Waals surface area contributed by atoms with Crippen LogP contribution < -0.4 is 15.8 Å². The van der Waals surface area contributed by atoms with E-state index >= 15 is 0 Å². The molecule has 1 aromatic carbocycles. The number of anilines is 1. The zero-order valence-corrected chi connectivity index (χ0v) is 13.9. The fourth-order valence-electron chi connectivity index (χ4n) is 2.05. The molecule has 3 rings (SSSR count). The van der Waals surface area contributed by atoms with Gasteiger partial charge >= 0.3 is 0 Å². The summed E-state index contributed by atoms with van der Waals surface area (Å²) in [5, 5.41) is 3.45. The summed E-state index contributed by atoms with van der Waals surface area (Å²) < 4.78 is 5.77. The minimum absolute atomic E-state index is 0.261. The number of carbonyl (C=O) groups excluding carboxylic acids is 1. The van der Waals surface area contributed by atoms with Crippen molar-refractivity contribution in [3.05, 3.63) is 54.4 Å². The average molecular weight is 324 g/mol. The lowest BCUT2D eigenvalue weighted by molar-refractivity contribution is 0.0958. The van der Waals surface area contributed by atoms with Crippen LogP contribution in [0.2, 0.25) is 0 Å². The summed E-state index contributed by atoms with van der Waals surface area (Å²) >= 11 is 0. The summed E-state index contributed by atoms with van der Waals surface area (Å²) in [7, 11) is 1.56. The van der Waals surface area contributed by atoms with Crippen LogP contribution in [-0.2, 0) is 0 Å². The minimum atomic E-state index is -0.261. The van der Waals surface area contributed by atoms with Crippen molar-refractivity contribution in [2.45, 2.75) is 13.8 Å². The van der Waals surface area contributed by atoms with E-state index in [0.717, 1.165) is 10.9 Å². The van der Waals surface area contributed by atoms with Crippen LogP contribution in [0.5, 0.6) is 11.5 Å². The van der Waals surface area contributed by atoms with Gasteiger partial charge in [-0.3, -0.25) is 9.78 Å². The standard InChI is InChI=1S/C16H14N4O2.C2H6/c1-18-16(21)14-9-12(6-7-19-14)22-11-3-4-13-10(8-11)2-5-15(17)20-13;1-2/h2-9H,1H3,(H2,17,20)(H,18,21);1-2H3. The van der Waals surface area contributed by atoms with E-state index in [1.165, 1.54) is 6.20 Å². The van der Waals surface area contributed by atoms with Gasteiger partial charge in [-0.25, -0.2) is 4.98 Å². The Morgan fingerprint density at radius 1 is 1.08 bits per heavy atom. The Kier molecular flexibility index (Phi) is 5.68. The Morgan fingerprint density at radius 3 is 2.58 bits per heavy atom. The van der Waals surface area contributed by atoms with Crippen LogP contribution in [0.1, 0.15) is 24.3 Å². The number of nitrogens with two attached hydrogens (primary N) is 1. The largest absolute Gasteiger partial charge is 0.457 e. The predicted molar refractivity (Wildman–Crippen MR) is 95.2 cm³/mol. The molecule has 124 valence electrons. The normalized spacial score (nSPS) is 9.79. The molecule has 2 heterocycles. The van der Waals surface area contributed by atoms with E-state index in [4.69, 9.17) is 10.5 Å². The number of pyridine rings is 2. The highest BCUT2D eigenvalue weighted by Crippen LogP contribution is 2.25. The van der Waals surface area contributed by atoms with Crippen LogP contribution in [0.4, 0.5) is 5.82 Å². The Morgan fingerprint density at radius 2 is 1.83 bits per heavy atom. The first-order valence-electron chi connectivity index (χ1n) is 7.68. The van der Waals surface area contributed by atoms with E-state index < -0.39 is 0 Å². The number of benzene rings is 1. The number of hydrogen-bond donors (Lipinski definition) is 2. The van der Waals surface area contributed by atoms with Crippen LogP contribution in [0.25, 0.3) is 10.9 Å². The summed E-state index contributed by atoms with van der Waals surface area (Å²) in [6.45, 7) is 4.00. The highest BCUT2D eigenvalue weighted by Gasteiger charge is 2.07. The molecule has 2 aromatic heterocycles. The molecule has 0 saturated carbocycles. The third-order valence-electron chi connectivity index (χ3n) is 3.11. The molecule has 0 aliphatic heterocycles. The monoisotopic (exact) mass is 324 g/mol. The van der Waals surface area contributed by atoms with Gasteiger partial charge in [-0.15, -0.1) is 0 Å². The summed E-state index contributed by atoms with van der Waals surface area (Å²) in [6, 6.07) is 12.4. The van der Waals surface area contributed by atoms with Crippen LogP contribution >= 0.6 is 0 Å². The Labute approximate surface area is 140 Å². The zero-order chi connectivity index (χ0) is 17.5. The van der Waals surface area contributed by atoms with E-state index in [2.05, 4.69) is 15.3 Å². The number of carbonyl (C=O) groups is 1. The third-order valence-corrected chi connectivity index (χ3v) is 3.11. The quantitative estimate of drug-likeness (QED) is 0.770. The molecule has 1 amide bonds. The second-order valence-corrected chi connectivity index (χ2v) is 4.65. The van der Waals surface area contributed by atoms with Crippen molar-refractivity contribution >= 4 is 22.6 Å². The van der Waals surface area contributed by atoms with Crippen molar-refractivity contribution in [3.8, 4) is 11.5 Å². The topological polar surface area (TPSA) is 90.1 Å². The number of nitrogen functional groups attached to an aromatic ring is 1. The zero-order valence-electron chi connectivity index (χ0n) is 13.9. The molecule has 24 heavy (non-hydrogen) atoms. The smallest absolute Gasteiger partial charge is 0.269 e. The highest BCUT2D eigenvalue weighted by molar-refractivity contribution is 5.92. The van der Waals surface area contributed by atoms with Crippen molar-refractivity contribution in [1.29, 1.82) is 0 Å². The fourth-order valence-corrected chi connectivity index (χ4v) is 2.05. The number of ether oxygens (including phenoxy) is 1. The predicted octanol–water partition coefficient (Wildman–Crippen LogP) is 3.39. The first kappa shape index (κ1) is 17.2. The number of amides is 1. The Bertz CT molecular complexity index is 849. The van der Waals surface area contributed by atoms with Gasteiger partial charge in [-0.2, -0.15) is 0 Å². The van der Waals surface area contributed by atoms with Crippen LogP contribution in [-0.4, -0.2) is 22.9 Å². The van der Waals surface area contributed by atoms with Gasteiger partial charge in [0.2, 0.25) is 0 Å². The first-order chi connectivity index (χ1) is 11.7. The molecule has 0 aliphatic rings. The van der Waals surface area contributed by atoms with Crippen molar-refractivity contribution < 1.29 is 9.53 Å². The lowest BCUT2D eigenvalue weighted by Crippen LogP contribution is -2.18. The fraction of sp³-hybridized carbons (Fsp3) is 0.167. The van der Waals surface area contributed by atoms with Crippen LogP contribution in [0.15, 0.2) is 48.7 Å². The van der Waals surface area contributed by atoms with Gasteiger partial charge in [0.15, 0.2) is 0 Å². The number of fused-ring (bicyclic) bond motifs is 1. The molecule has 0 spiro atoms. The van der Waals surface area contributed by atoms with Gasteiger partial charge in [0.05, 0.1) is 5.52 Å². The average Bonchev–Trinajstić information content (AvgIpc) is 2.63. The van der Waals surface area contributed by atoms with Crippen LogP contribution in [0.3, 0.4) is 0 Å². The number of aromatic nitrogens is 2. The second-order valence-electron chi connectivity index (χ2n) is 4.65. The van der Waals surface area contributed by atoms with Crippen molar-refractivity contribution in [1.82, 2.24) is 15.3 Å². The highest BCUT2D eigenvalue weighted by atomic mass is 16.5. The Hall–Kier alpha value is -3.15. The van der Waals surface area contributed by atoms with Crippen LogP contribution in [0, 0.1) is 0 Å². The molecular weight excluding hydrogens is 304 g/mol.